The van der Waals surface area contributed by atoms with Crippen LogP contribution in [0.5, 0.6) is 0 Å². The van der Waals surface area contributed by atoms with Gasteiger partial charge in [-0.25, -0.2) is 24.0 Å². The zero-order valence-corrected chi connectivity index (χ0v) is 26.7. The number of pyridine rings is 1. The lowest BCUT2D eigenvalue weighted by molar-refractivity contribution is -0.146. The molecule has 12 nitrogen and oxygen atoms in total. The van der Waals surface area contributed by atoms with E-state index in [0.717, 1.165) is 12.4 Å². The molecule has 3 aromatic heterocycles. The first-order valence-corrected chi connectivity index (χ1v) is 14.5. The van der Waals surface area contributed by atoms with Crippen LogP contribution >= 0.6 is 23.2 Å². The standard InChI is InChI=1S/C13H16ClN3O2.C10H15ClO4.C5H9N3/c1-4-9-10(13(18)19-6-3)11(14)8-7-15-17(5-2)12(8)16-9;1-4-7(11)8(9(12)14-5-2)10(13)15-6-3;1-2-8-5(6)3-4-7-8/h7H,4-6H2,1-3H3;4-6H2,1-3H3;3-4H,2,6H2,1H3. The number of nitrogens with two attached hydrogens (primary N) is 1. The number of carbonyl (C=O) groups excluding carboxylic acids is 3. The predicted octanol–water partition coefficient (Wildman–Crippen LogP) is 5.34. The van der Waals surface area contributed by atoms with E-state index < -0.39 is 17.9 Å². The molecule has 42 heavy (non-hydrogen) atoms. The van der Waals surface area contributed by atoms with Crippen molar-refractivity contribution in [1.29, 1.82) is 0 Å². The molecule has 0 aliphatic heterocycles. The van der Waals surface area contributed by atoms with Crippen molar-refractivity contribution in [2.24, 2.45) is 0 Å². The second-order valence-electron chi connectivity index (χ2n) is 8.17. The van der Waals surface area contributed by atoms with Crippen molar-refractivity contribution in [2.45, 2.75) is 74.4 Å². The van der Waals surface area contributed by atoms with Gasteiger partial charge in [-0.3, -0.25) is 4.68 Å². The Kier molecular flexibility index (Phi) is 16.2. The molecule has 2 N–H and O–H groups in total. The highest BCUT2D eigenvalue weighted by Gasteiger charge is 2.24. The van der Waals surface area contributed by atoms with Gasteiger partial charge < -0.3 is 19.9 Å². The predicted molar refractivity (Wildman–Crippen MR) is 162 cm³/mol. The molecular weight excluding hydrogens is 587 g/mol. The fourth-order valence-electron chi connectivity index (χ4n) is 3.49. The molecule has 3 rings (SSSR count). The Balaban J connectivity index is 0.000000341. The number of anilines is 1. The van der Waals surface area contributed by atoms with Crippen LogP contribution in [0.3, 0.4) is 0 Å². The summed E-state index contributed by atoms with van der Waals surface area (Å²) in [5.74, 6) is -1.17. The molecule has 0 amide bonds. The van der Waals surface area contributed by atoms with Gasteiger partial charge in [0.15, 0.2) is 11.2 Å². The Morgan fingerprint density at radius 3 is 1.86 bits per heavy atom. The van der Waals surface area contributed by atoms with Crippen LogP contribution in [0, 0.1) is 0 Å². The van der Waals surface area contributed by atoms with Crippen LogP contribution in [0.15, 0.2) is 29.1 Å². The van der Waals surface area contributed by atoms with Crippen molar-refractivity contribution in [1.82, 2.24) is 24.5 Å². The quantitative estimate of drug-likeness (QED) is 0.102. The van der Waals surface area contributed by atoms with E-state index in [1.807, 2.05) is 20.8 Å². The van der Waals surface area contributed by atoms with E-state index in [1.165, 1.54) is 0 Å². The molecule has 0 fully saturated rings. The lowest BCUT2D eigenvalue weighted by Gasteiger charge is -2.10. The average Bonchev–Trinajstić information content (AvgIpc) is 3.59. The van der Waals surface area contributed by atoms with Crippen LogP contribution in [-0.2, 0) is 43.3 Å². The van der Waals surface area contributed by atoms with E-state index in [4.69, 9.17) is 43.1 Å². The Labute approximate surface area is 256 Å². The number of halogens is 2. The molecule has 0 aromatic carbocycles. The summed E-state index contributed by atoms with van der Waals surface area (Å²) in [5.41, 5.74) is 6.95. The van der Waals surface area contributed by atoms with E-state index >= 15 is 0 Å². The first kappa shape index (κ1) is 36.4. The Hall–Kier alpha value is -3.64. The van der Waals surface area contributed by atoms with Crippen molar-refractivity contribution >= 4 is 58.0 Å². The summed E-state index contributed by atoms with van der Waals surface area (Å²) in [5, 5.41) is 9.36. The van der Waals surface area contributed by atoms with Gasteiger partial charge >= 0.3 is 17.9 Å². The largest absolute Gasteiger partial charge is 0.462 e. The summed E-state index contributed by atoms with van der Waals surface area (Å²) in [6.45, 7) is 15.0. The number of aromatic nitrogens is 5. The third-order valence-corrected chi connectivity index (χ3v) is 6.35. The van der Waals surface area contributed by atoms with Gasteiger partial charge in [-0.1, -0.05) is 37.0 Å². The molecule has 0 unspecified atom stereocenters. The summed E-state index contributed by atoms with van der Waals surface area (Å²) in [6, 6.07) is 1.78. The van der Waals surface area contributed by atoms with Gasteiger partial charge in [-0.15, -0.1) is 0 Å². The van der Waals surface area contributed by atoms with Gasteiger partial charge in [0, 0.05) is 18.1 Å². The minimum atomic E-state index is -0.734. The molecule has 0 aliphatic rings. The van der Waals surface area contributed by atoms with E-state index in [-0.39, 0.29) is 23.8 Å². The number of carbonyl (C=O) groups is 3. The van der Waals surface area contributed by atoms with Crippen molar-refractivity contribution < 1.29 is 28.6 Å². The fourth-order valence-corrected chi connectivity index (χ4v) is 3.96. The summed E-state index contributed by atoms with van der Waals surface area (Å²) in [6.07, 6.45) is 4.32. The number of rotatable bonds is 10. The molecule has 0 radical (unpaired) electrons. The van der Waals surface area contributed by atoms with Gasteiger partial charge in [-0.05, 0) is 53.5 Å². The first-order valence-electron chi connectivity index (χ1n) is 13.8. The van der Waals surface area contributed by atoms with E-state index in [9.17, 15) is 14.4 Å². The number of hydrogen-bond acceptors (Lipinski definition) is 10. The molecule has 0 saturated carbocycles. The third kappa shape index (κ3) is 9.73. The summed E-state index contributed by atoms with van der Waals surface area (Å²) >= 11 is 12.1. The number of nitrogen functional groups attached to an aromatic ring is 1. The molecule has 3 heterocycles. The zero-order valence-electron chi connectivity index (χ0n) is 25.2. The highest BCUT2D eigenvalue weighted by molar-refractivity contribution is 6.38. The highest BCUT2D eigenvalue weighted by Crippen LogP contribution is 2.29. The van der Waals surface area contributed by atoms with Crippen LogP contribution in [0.4, 0.5) is 5.82 Å². The Morgan fingerprint density at radius 2 is 1.45 bits per heavy atom. The van der Waals surface area contributed by atoms with E-state index in [1.54, 1.807) is 55.5 Å². The second-order valence-corrected chi connectivity index (χ2v) is 9.00. The zero-order chi connectivity index (χ0) is 31.8. The molecule has 232 valence electrons. The van der Waals surface area contributed by atoms with Crippen molar-refractivity contribution in [2.75, 3.05) is 25.6 Å². The van der Waals surface area contributed by atoms with Crippen molar-refractivity contribution in [3.05, 3.63) is 45.3 Å². The van der Waals surface area contributed by atoms with Gasteiger partial charge in [0.25, 0.3) is 0 Å². The van der Waals surface area contributed by atoms with Gasteiger partial charge in [0.05, 0.1) is 48.3 Å². The Morgan fingerprint density at radius 1 is 0.881 bits per heavy atom. The minimum absolute atomic E-state index is 0.159. The average molecular weight is 628 g/mol. The Bertz CT molecular complexity index is 1350. The van der Waals surface area contributed by atoms with Crippen LogP contribution < -0.4 is 5.73 Å². The number of fused-ring (bicyclic) bond motifs is 1. The second kappa shape index (κ2) is 18.7. The van der Waals surface area contributed by atoms with Crippen LogP contribution in [0.25, 0.3) is 11.0 Å². The maximum Gasteiger partial charge on any atom is 0.346 e. The molecule has 0 spiro atoms. The summed E-state index contributed by atoms with van der Waals surface area (Å²) in [4.78, 5) is 39.3. The van der Waals surface area contributed by atoms with Crippen molar-refractivity contribution in [3.8, 4) is 0 Å². The molecule has 0 bridgehead atoms. The number of ether oxygens (including phenoxy) is 3. The topological polar surface area (TPSA) is 153 Å². The number of allylic oxidation sites excluding steroid dienone is 1. The van der Waals surface area contributed by atoms with Crippen LogP contribution in [0.2, 0.25) is 5.02 Å². The molecule has 0 aliphatic carbocycles. The SMILES string of the molecule is CCOC(=O)C(C(=O)OCC)=C(Cl)CC.CCOC(=O)c1c(CC)nc2c(cnn2CC)c1Cl.CCn1nccc1N. The van der Waals surface area contributed by atoms with Crippen LogP contribution in [0.1, 0.15) is 70.9 Å². The molecule has 0 atom stereocenters. The fraction of sp³-hybridized carbons (Fsp3) is 0.500. The lowest BCUT2D eigenvalue weighted by atomic mass is 10.1. The van der Waals surface area contributed by atoms with Gasteiger partial charge in [0.1, 0.15) is 11.4 Å². The highest BCUT2D eigenvalue weighted by atomic mass is 35.5. The number of hydrogen-bond donors (Lipinski definition) is 1. The van der Waals surface area contributed by atoms with Crippen molar-refractivity contribution in [3.63, 3.8) is 0 Å². The maximum absolute atomic E-state index is 12.0. The summed E-state index contributed by atoms with van der Waals surface area (Å²) in [7, 11) is 0. The van der Waals surface area contributed by atoms with Crippen LogP contribution in [-0.4, -0.2) is 62.3 Å². The normalized spacial score (nSPS) is 10.1. The summed E-state index contributed by atoms with van der Waals surface area (Å²) < 4.78 is 18.0. The number of nitrogens with zero attached hydrogens (tertiary/aromatic N) is 5. The monoisotopic (exact) mass is 626 g/mol. The number of aryl methyl sites for hydroxylation is 3. The van der Waals surface area contributed by atoms with E-state index in [2.05, 4.69) is 15.2 Å². The molecular formula is C28H40Cl2N6O6. The lowest BCUT2D eigenvalue weighted by Crippen LogP contribution is -2.19. The molecule has 3 aromatic rings. The third-order valence-electron chi connectivity index (χ3n) is 5.50. The number of esters is 3. The smallest absolute Gasteiger partial charge is 0.346 e. The van der Waals surface area contributed by atoms with Gasteiger partial charge in [0.2, 0.25) is 0 Å². The van der Waals surface area contributed by atoms with Gasteiger partial charge in [-0.2, -0.15) is 10.2 Å². The van der Waals surface area contributed by atoms with E-state index in [0.29, 0.717) is 53.3 Å². The minimum Gasteiger partial charge on any atom is -0.462 e. The molecule has 14 heteroatoms. The molecule has 0 saturated heterocycles. The first-order chi connectivity index (χ1) is 20.1. The maximum atomic E-state index is 12.0.